The van der Waals surface area contributed by atoms with Crippen molar-refractivity contribution in [3.63, 3.8) is 0 Å². The molecule has 0 unspecified atom stereocenters. The first-order valence-electron chi connectivity index (χ1n) is 8.72. The van der Waals surface area contributed by atoms with Crippen LogP contribution < -0.4 is 4.18 Å². The zero-order chi connectivity index (χ0) is 24.1. The summed E-state index contributed by atoms with van der Waals surface area (Å²) in [5, 5.41) is 0. The molecule has 0 spiro atoms. The maximum Gasteiger partial charge on any atom is 0.534 e. The van der Waals surface area contributed by atoms with Crippen molar-refractivity contribution in [1.29, 1.82) is 0 Å². The Morgan fingerprint density at radius 1 is 0.844 bits per heavy atom. The maximum atomic E-state index is 12.9. The molecule has 0 atom stereocenters. The summed E-state index contributed by atoms with van der Waals surface area (Å²) < 4.78 is 102. The van der Waals surface area contributed by atoms with Gasteiger partial charge in [0, 0.05) is 28.7 Å². The molecule has 0 bridgehead atoms. The number of halogens is 6. The molecule has 0 radical (unpaired) electrons. The molecule has 0 fully saturated rings. The monoisotopic (exact) mass is 478 g/mol. The van der Waals surface area contributed by atoms with Crippen LogP contribution in [0.1, 0.15) is 38.8 Å². The maximum absolute atomic E-state index is 12.9. The molecular formula is C20H12F6O5S. The molecule has 170 valence electrons. The Balaban J connectivity index is 1.94. The molecule has 1 aliphatic carbocycles. The van der Waals surface area contributed by atoms with Crippen LogP contribution in [-0.2, 0) is 22.7 Å². The highest BCUT2D eigenvalue weighted by atomic mass is 32.2. The fraction of sp³-hybridized carbons (Fsp3) is 0.200. The summed E-state index contributed by atoms with van der Waals surface area (Å²) in [5.41, 5.74) is -6.94. The zero-order valence-electron chi connectivity index (χ0n) is 16.0. The van der Waals surface area contributed by atoms with Crippen LogP contribution in [0.4, 0.5) is 26.3 Å². The second-order valence-electron chi connectivity index (χ2n) is 6.82. The lowest BCUT2D eigenvalue weighted by atomic mass is 9.82. The number of Topliss-reactive ketones (excluding diaryl/α,β-unsaturated/α-hetero) is 2. The van der Waals surface area contributed by atoms with Crippen molar-refractivity contribution in [2.24, 2.45) is 0 Å². The van der Waals surface area contributed by atoms with E-state index in [-0.39, 0.29) is 34.3 Å². The Morgan fingerprint density at radius 3 is 1.97 bits per heavy atom. The molecule has 12 heteroatoms. The van der Waals surface area contributed by atoms with Gasteiger partial charge < -0.3 is 4.18 Å². The highest BCUT2D eigenvalue weighted by molar-refractivity contribution is 7.88. The first-order chi connectivity index (χ1) is 14.6. The van der Waals surface area contributed by atoms with E-state index < -0.39 is 44.7 Å². The molecule has 0 saturated heterocycles. The summed E-state index contributed by atoms with van der Waals surface area (Å²) >= 11 is 0. The van der Waals surface area contributed by atoms with E-state index >= 15 is 0 Å². The van der Waals surface area contributed by atoms with Crippen molar-refractivity contribution in [3.8, 4) is 5.75 Å². The Hall–Kier alpha value is -3.15. The molecule has 3 rings (SSSR count). The van der Waals surface area contributed by atoms with Gasteiger partial charge in [0.2, 0.25) is 0 Å². The first-order valence-corrected chi connectivity index (χ1v) is 10.1. The van der Waals surface area contributed by atoms with Gasteiger partial charge in [0.05, 0.1) is 5.56 Å². The molecule has 2 aromatic rings. The second kappa shape index (κ2) is 7.76. The van der Waals surface area contributed by atoms with Gasteiger partial charge in [-0.3, -0.25) is 9.59 Å². The second-order valence-corrected chi connectivity index (χ2v) is 8.36. The fourth-order valence-electron chi connectivity index (χ4n) is 3.04. The quantitative estimate of drug-likeness (QED) is 0.356. The lowest BCUT2D eigenvalue weighted by Gasteiger charge is -2.20. The molecule has 32 heavy (non-hydrogen) atoms. The van der Waals surface area contributed by atoms with E-state index in [1.54, 1.807) is 0 Å². The predicted octanol–water partition coefficient (Wildman–Crippen LogP) is 4.87. The summed E-state index contributed by atoms with van der Waals surface area (Å²) in [7, 11) is -6.00. The Bertz CT molecular complexity index is 1240. The number of benzene rings is 2. The van der Waals surface area contributed by atoms with E-state index in [0.717, 1.165) is 36.4 Å². The van der Waals surface area contributed by atoms with Crippen molar-refractivity contribution in [2.45, 2.75) is 25.0 Å². The van der Waals surface area contributed by atoms with Crippen LogP contribution in [0.2, 0.25) is 0 Å². The third-order valence-corrected chi connectivity index (χ3v) is 5.68. The molecular weight excluding hydrogens is 466 g/mol. The van der Waals surface area contributed by atoms with Gasteiger partial charge in [-0.25, -0.2) is 0 Å². The number of fused-ring (bicyclic) bond motifs is 1. The number of rotatable bonds is 4. The molecule has 0 amide bonds. The van der Waals surface area contributed by atoms with Crippen LogP contribution in [0.5, 0.6) is 5.75 Å². The van der Waals surface area contributed by atoms with Crippen molar-refractivity contribution < 1.29 is 48.5 Å². The van der Waals surface area contributed by atoms with Crippen molar-refractivity contribution in [1.82, 2.24) is 0 Å². The molecule has 0 heterocycles. The third-order valence-electron chi connectivity index (χ3n) is 4.70. The van der Waals surface area contributed by atoms with Gasteiger partial charge in [-0.05, 0) is 42.8 Å². The summed E-state index contributed by atoms with van der Waals surface area (Å²) in [6.07, 6.45) is -4.78. The standard InChI is InChI=1S/C20H12F6O5S/c1-10-15(8-11-2-4-12(5-3-11)19(21,22)23)18(28)16-9-13(6-7-14(16)17(10)27)31-32(29,30)20(24,25)26/h2-7,9H,8H2,1H3. The Labute approximate surface area is 177 Å². The van der Waals surface area contributed by atoms with Crippen LogP contribution >= 0.6 is 0 Å². The molecule has 0 aromatic heterocycles. The average Bonchev–Trinajstić information content (AvgIpc) is 2.68. The van der Waals surface area contributed by atoms with Gasteiger partial charge in [0.1, 0.15) is 5.75 Å². The first kappa shape index (κ1) is 23.5. The predicted molar refractivity (Wildman–Crippen MR) is 98.6 cm³/mol. The van der Waals surface area contributed by atoms with Gasteiger partial charge in [-0.1, -0.05) is 12.1 Å². The minimum atomic E-state index is -6.00. The number of hydrogen-bond donors (Lipinski definition) is 0. The summed E-state index contributed by atoms with van der Waals surface area (Å²) in [5.74, 6) is -2.24. The number of carbonyl (C=O) groups excluding carboxylic acids is 2. The van der Waals surface area contributed by atoms with E-state index in [0.29, 0.717) is 6.07 Å². The van der Waals surface area contributed by atoms with E-state index in [1.165, 1.54) is 6.92 Å². The molecule has 0 aliphatic heterocycles. The molecule has 5 nitrogen and oxygen atoms in total. The highest BCUT2D eigenvalue weighted by Crippen LogP contribution is 2.34. The molecule has 0 saturated carbocycles. The molecule has 0 N–H and O–H groups in total. The molecule has 2 aromatic carbocycles. The van der Waals surface area contributed by atoms with Crippen LogP contribution in [-0.4, -0.2) is 25.5 Å². The topological polar surface area (TPSA) is 77.5 Å². The SMILES string of the molecule is CC1=C(Cc2ccc(C(F)(F)F)cc2)C(=O)c2cc(OS(=O)(=O)C(F)(F)F)ccc2C1=O. The van der Waals surface area contributed by atoms with Gasteiger partial charge in [0.15, 0.2) is 11.6 Å². The normalized spacial score (nSPS) is 15.1. The summed E-state index contributed by atoms with van der Waals surface area (Å²) in [4.78, 5) is 25.5. The summed E-state index contributed by atoms with van der Waals surface area (Å²) in [6, 6.07) is 6.36. The third kappa shape index (κ3) is 4.40. The van der Waals surface area contributed by atoms with Crippen molar-refractivity contribution in [3.05, 3.63) is 75.9 Å². The Morgan fingerprint density at radius 2 is 1.44 bits per heavy atom. The van der Waals surface area contributed by atoms with Gasteiger partial charge >= 0.3 is 21.8 Å². The van der Waals surface area contributed by atoms with Crippen molar-refractivity contribution >= 4 is 21.7 Å². The van der Waals surface area contributed by atoms with Gasteiger partial charge in [-0.15, -0.1) is 0 Å². The number of alkyl halides is 6. The lowest BCUT2D eigenvalue weighted by Crippen LogP contribution is -2.28. The van der Waals surface area contributed by atoms with E-state index in [1.807, 2.05) is 0 Å². The van der Waals surface area contributed by atoms with Crippen LogP contribution in [0.15, 0.2) is 53.6 Å². The van der Waals surface area contributed by atoms with Gasteiger partial charge in [-0.2, -0.15) is 34.8 Å². The van der Waals surface area contributed by atoms with E-state index in [4.69, 9.17) is 0 Å². The smallest absolute Gasteiger partial charge is 0.376 e. The van der Waals surface area contributed by atoms with Crippen LogP contribution in [0.3, 0.4) is 0 Å². The highest BCUT2D eigenvalue weighted by Gasteiger charge is 2.48. The summed E-state index contributed by atoms with van der Waals surface area (Å²) in [6.45, 7) is 1.33. The van der Waals surface area contributed by atoms with Crippen LogP contribution in [0.25, 0.3) is 0 Å². The number of ketones is 2. The van der Waals surface area contributed by atoms with Crippen molar-refractivity contribution in [2.75, 3.05) is 0 Å². The van der Waals surface area contributed by atoms with E-state index in [9.17, 15) is 44.3 Å². The number of hydrogen-bond acceptors (Lipinski definition) is 5. The fourth-order valence-corrected chi connectivity index (χ4v) is 3.49. The minimum Gasteiger partial charge on any atom is -0.376 e. The Kier molecular flexibility index (Phi) is 5.71. The minimum absolute atomic E-state index is 0.0129. The lowest BCUT2D eigenvalue weighted by molar-refractivity contribution is -0.137. The van der Waals surface area contributed by atoms with Gasteiger partial charge in [0.25, 0.3) is 0 Å². The van der Waals surface area contributed by atoms with Crippen LogP contribution in [0, 0.1) is 0 Å². The molecule has 1 aliphatic rings. The number of allylic oxidation sites excluding steroid dienone is 2. The largest absolute Gasteiger partial charge is 0.534 e. The zero-order valence-corrected chi connectivity index (χ0v) is 16.8. The number of carbonyl (C=O) groups is 2. The average molecular weight is 478 g/mol. The van der Waals surface area contributed by atoms with E-state index in [2.05, 4.69) is 4.18 Å².